The normalized spacial score (nSPS) is 25.0. The molecular formula is C18H24N4O. The predicted molar refractivity (Wildman–Crippen MR) is 87.8 cm³/mol. The molecule has 0 saturated heterocycles. The third kappa shape index (κ3) is 2.92. The molecule has 4 rings (SSSR count). The Morgan fingerprint density at radius 1 is 1.17 bits per heavy atom. The summed E-state index contributed by atoms with van der Waals surface area (Å²) in [6, 6.07) is 4.73. The molecule has 3 heterocycles. The first-order chi connectivity index (χ1) is 11.3. The molecule has 2 aromatic heterocycles. The summed E-state index contributed by atoms with van der Waals surface area (Å²) in [5.41, 5.74) is 2.40. The standard InChI is InChI=1S/C18H24N4O/c23-18(22-11-3-4-17-15(13-22)12-19-20-17)14-5-7-16(8-6-14)21-9-1-2-10-21/h1-2,9-10,12,14,16H,3-8,11,13H2,(H,19,20). The Kier molecular flexibility index (Phi) is 3.93. The minimum Gasteiger partial charge on any atom is -0.351 e. The molecular weight excluding hydrogens is 288 g/mol. The Morgan fingerprint density at radius 2 is 1.96 bits per heavy atom. The lowest BCUT2D eigenvalue weighted by atomic mass is 9.85. The van der Waals surface area contributed by atoms with Gasteiger partial charge in [0.2, 0.25) is 5.91 Å². The van der Waals surface area contributed by atoms with Crippen LogP contribution in [0.15, 0.2) is 30.7 Å². The van der Waals surface area contributed by atoms with Crippen molar-refractivity contribution in [1.82, 2.24) is 19.7 Å². The molecule has 2 aromatic rings. The molecule has 0 spiro atoms. The maximum atomic E-state index is 12.9. The molecule has 0 radical (unpaired) electrons. The summed E-state index contributed by atoms with van der Waals surface area (Å²) in [6.07, 6.45) is 12.4. The molecule has 0 bridgehead atoms. The number of fused-ring (bicyclic) bond motifs is 1. The van der Waals surface area contributed by atoms with Crippen LogP contribution >= 0.6 is 0 Å². The van der Waals surface area contributed by atoms with Gasteiger partial charge < -0.3 is 9.47 Å². The maximum Gasteiger partial charge on any atom is 0.225 e. The summed E-state index contributed by atoms with van der Waals surface area (Å²) in [5.74, 6) is 0.556. The fourth-order valence-corrected chi connectivity index (χ4v) is 4.08. The van der Waals surface area contributed by atoms with E-state index >= 15 is 0 Å². The smallest absolute Gasteiger partial charge is 0.225 e. The molecule has 1 aliphatic heterocycles. The zero-order valence-corrected chi connectivity index (χ0v) is 13.4. The lowest BCUT2D eigenvalue weighted by Crippen LogP contribution is -2.37. The molecule has 0 aromatic carbocycles. The molecule has 1 fully saturated rings. The van der Waals surface area contributed by atoms with Crippen LogP contribution < -0.4 is 0 Å². The highest BCUT2D eigenvalue weighted by atomic mass is 16.2. The minimum atomic E-state index is 0.204. The summed E-state index contributed by atoms with van der Waals surface area (Å²) in [4.78, 5) is 15.0. The second kappa shape index (κ2) is 6.22. The number of amides is 1. The van der Waals surface area contributed by atoms with Crippen molar-refractivity contribution in [3.05, 3.63) is 42.0 Å². The van der Waals surface area contributed by atoms with Gasteiger partial charge in [-0.3, -0.25) is 9.89 Å². The van der Waals surface area contributed by atoms with E-state index in [9.17, 15) is 4.79 Å². The van der Waals surface area contributed by atoms with Crippen LogP contribution in [-0.2, 0) is 17.8 Å². The van der Waals surface area contributed by atoms with E-state index in [2.05, 4.69) is 44.2 Å². The zero-order valence-electron chi connectivity index (χ0n) is 13.4. The lowest BCUT2D eigenvalue weighted by molar-refractivity contribution is -0.137. The van der Waals surface area contributed by atoms with Gasteiger partial charge in [0, 0.05) is 48.7 Å². The van der Waals surface area contributed by atoms with Crippen molar-refractivity contribution in [3.63, 3.8) is 0 Å². The second-order valence-corrected chi connectivity index (χ2v) is 6.87. The number of aromatic amines is 1. The van der Waals surface area contributed by atoms with Gasteiger partial charge in [-0.2, -0.15) is 5.10 Å². The van der Waals surface area contributed by atoms with Crippen LogP contribution in [-0.4, -0.2) is 32.1 Å². The lowest BCUT2D eigenvalue weighted by Gasteiger charge is -2.32. The van der Waals surface area contributed by atoms with Crippen molar-refractivity contribution in [2.24, 2.45) is 5.92 Å². The number of aryl methyl sites for hydroxylation is 1. The topological polar surface area (TPSA) is 53.9 Å². The summed E-state index contributed by atoms with van der Waals surface area (Å²) in [6.45, 7) is 1.60. The van der Waals surface area contributed by atoms with E-state index in [1.807, 2.05) is 6.20 Å². The van der Waals surface area contributed by atoms with Crippen molar-refractivity contribution in [3.8, 4) is 0 Å². The number of hydrogen-bond donors (Lipinski definition) is 1. The zero-order chi connectivity index (χ0) is 15.6. The number of H-pyrrole nitrogens is 1. The highest BCUT2D eigenvalue weighted by Crippen LogP contribution is 2.33. The first-order valence-electron chi connectivity index (χ1n) is 8.73. The van der Waals surface area contributed by atoms with Crippen LogP contribution in [0.2, 0.25) is 0 Å². The average Bonchev–Trinajstić information content (AvgIpc) is 3.23. The number of hydrogen-bond acceptors (Lipinski definition) is 2. The third-order valence-electron chi connectivity index (χ3n) is 5.43. The van der Waals surface area contributed by atoms with Crippen LogP contribution in [0.25, 0.3) is 0 Å². The SMILES string of the molecule is O=C(C1CCC(n2cccc2)CC1)N1CCCc2[nH]ncc2C1. The van der Waals surface area contributed by atoms with Gasteiger partial charge in [0.05, 0.1) is 6.20 Å². The number of carbonyl (C=O) groups is 1. The van der Waals surface area contributed by atoms with Gasteiger partial charge in [-0.05, 0) is 50.7 Å². The number of aromatic nitrogens is 3. The van der Waals surface area contributed by atoms with Crippen molar-refractivity contribution >= 4 is 5.91 Å². The third-order valence-corrected chi connectivity index (χ3v) is 5.43. The van der Waals surface area contributed by atoms with Gasteiger partial charge in [-0.15, -0.1) is 0 Å². The molecule has 23 heavy (non-hydrogen) atoms. The molecule has 1 N–H and O–H groups in total. The summed E-state index contributed by atoms with van der Waals surface area (Å²) in [7, 11) is 0. The van der Waals surface area contributed by atoms with Crippen molar-refractivity contribution in [2.45, 2.75) is 51.1 Å². The fourth-order valence-electron chi connectivity index (χ4n) is 4.08. The average molecular weight is 312 g/mol. The Labute approximate surface area is 136 Å². The van der Waals surface area contributed by atoms with E-state index in [1.54, 1.807) is 0 Å². The summed E-state index contributed by atoms with van der Waals surface area (Å²) in [5, 5.41) is 7.19. The number of carbonyl (C=O) groups excluding carboxylic acids is 1. The number of rotatable bonds is 2. The van der Waals surface area contributed by atoms with Crippen LogP contribution in [0, 0.1) is 5.92 Å². The van der Waals surface area contributed by atoms with Crippen molar-refractivity contribution < 1.29 is 4.79 Å². The van der Waals surface area contributed by atoms with Crippen LogP contribution in [0.5, 0.6) is 0 Å². The van der Waals surface area contributed by atoms with E-state index in [1.165, 1.54) is 11.3 Å². The van der Waals surface area contributed by atoms with Gasteiger partial charge in [0.1, 0.15) is 0 Å². The Balaban J connectivity index is 1.38. The van der Waals surface area contributed by atoms with Gasteiger partial charge in [-0.25, -0.2) is 0 Å². The minimum absolute atomic E-state index is 0.204. The molecule has 1 aliphatic carbocycles. The molecule has 5 heteroatoms. The number of nitrogens with one attached hydrogen (secondary N) is 1. The molecule has 0 atom stereocenters. The molecule has 1 saturated carbocycles. The molecule has 2 aliphatic rings. The van der Waals surface area contributed by atoms with Gasteiger partial charge in [0.15, 0.2) is 0 Å². The van der Waals surface area contributed by atoms with Crippen LogP contribution in [0.3, 0.4) is 0 Å². The fraction of sp³-hybridized carbons (Fsp3) is 0.556. The van der Waals surface area contributed by atoms with Gasteiger partial charge in [0.25, 0.3) is 0 Å². The van der Waals surface area contributed by atoms with Crippen LogP contribution in [0.4, 0.5) is 0 Å². The van der Waals surface area contributed by atoms with E-state index in [0.29, 0.717) is 11.9 Å². The number of nitrogens with zero attached hydrogens (tertiary/aromatic N) is 3. The van der Waals surface area contributed by atoms with Crippen LogP contribution in [0.1, 0.15) is 49.4 Å². The predicted octanol–water partition coefficient (Wildman–Crippen LogP) is 2.92. The van der Waals surface area contributed by atoms with Gasteiger partial charge >= 0.3 is 0 Å². The van der Waals surface area contributed by atoms with Gasteiger partial charge in [-0.1, -0.05) is 0 Å². The van der Waals surface area contributed by atoms with E-state index < -0.39 is 0 Å². The molecule has 1 amide bonds. The highest BCUT2D eigenvalue weighted by Gasteiger charge is 2.31. The second-order valence-electron chi connectivity index (χ2n) is 6.87. The Bertz CT molecular complexity index is 652. The van der Waals surface area contributed by atoms with Crippen molar-refractivity contribution in [1.29, 1.82) is 0 Å². The van der Waals surface area contributed by atoms with Crippen molar-refractivity contribution in [2.75, 3.05) is 6.54 Å². The highest BCUT2D eigenvalue weighted by molar-refractivity contribution is 5.79. The van der Waals surface area contributed by atoms with E-state index in [0.717, 1.165) is 51.6 Å². The first-order valence-corrected chi connectivity index (χ1v) is 8.73. The summed E-state index contributed by atoms with van der Waals surface area (Å²) >= 11 is 0. The Hall–Kier alpha value is -2.04. The molecule has 5 nitrogen and oxygen atoms in total. The molecule has 122 valence electrons. The largest absolute Gasteiger partial charge is 0.351 e. The monoisotopic (exact) mass is 312 g/mol. The van der Waals surface area contributed by atoms with E-state index in [-0.39, 0.29) is 5.92 Å². The maximum absolute atomic E-state index is 12.9. The Morgan fingerprint density at radius 3 is 2.74 bits per heavy atom. The quantitative estimate of drug-likeness (QED) is 0.927. The summed E-state index contributed by atoms with van der Waals surface area (Å²) < 4.78 is 2.30. The van der Waals surface area contributed by atoms with E-state index in [4.69, 9.17) is 0 Å². The molecule has 0 unspecified atom stereocenters. The first kappa shape index (κ1) is 14.5.